The van der Waals surface area contributed by atoms with Crippen molar-refractivity contribution in [3.8, 4) is 0 Å². The van der Waals surface area contributed by atoms with E-state index in [1.165, 1.54) is 43.5 Å². The van der Waals surface area contributed by atoms with Crippen molar-refractivity contribution < 1.29 is 18.5 Å². The highest BCUT2D eigenvalue weighted by molar-refractivity contribution is 7.22. The minimum absolute atomic E-state index is 0.111. The summed E-state index contributed by atoms with van der Waals surface area (Å²) < 4.78 is 18.7. The monoisotopic (exact) mass is 348 g/mol. The summed E-state index contributed by atoms with van der Waals surface area (Å²) in [7, 11) is 0. The van der Waals surface area contributed by atoms with Crippen molar-refractivity contribution in [2.45, 2.75) is 6.92 Å². The Bertz CT molecular complexity index is 965. The van der Waals surface area contributed by atoms with Gasteiger partial charge in [0.1, 0.15) is 10.7 Å². The lowest BCUT2D eigenvalue weighted by molar-refractivity contribution is -0.402. The molecule has 0 atom stereocenters. The van der Waals surface area contributed by atoms with E-state index in [-0.39, 0.29) is 10.9 Å². The van der Waals surface area contributed by atoms with Crippen LogP contribution in [0.5, 0.6) is 0 Å². The van der Waals surface area contributed by atoms with Gasteiger partial charge in [-0.3, -0.25) is 14.9 Å². The molecule has 2 aromatic heterocycles. The number of aromatic nitrogens is 1. The molecule has 0 fully saturated rings. The Morgan fingerprint density at radius 2 is 2.25 bits per heavy atom. The molecule has 0 N–H and O–H groups in total. The van der Waals surface area contributed by atoms with Crippen molar-refractivity contribution in [1.82, 2.24) is 4.98 Å². The average Bonchev–Trinajstić information content (AvgIpc) is 3.13. The van der Waals surface area contributed by atoms with Crippen LogP contribution in [0.4, 0.5) is 15.4 Å². The van der Waals surface area contributed by atoms with Gasteiger partial charge in [-0.25, -0.2) is 9.37 Å². The smallest absolute Gasteiger partial charge is 0.400 e. The molecule has 0 aliphatic carbocycles. The Labute approximate surface area is 138 Å². The molecule has 0 radical (unpaired) electrons. The molecular weight excluding hydrogens is 339 g/mol. The third kappa shape index (κ3) is 3.13. The number of thiazole rings is 1. The van der Waals surface area contributed by atoms with E-state index in [9.17, 15) is 19.3 Å². The van der Waals surface area contributed by atoms with Crippen molar-refractivity contribution in [2.75, 3.05) is 5.01 Å². The predicted octanol–water partition coefficient (Wildman–Crippen LogP) is 3.32. The number of anilines is 1. The summed E-state index contributed by atoms with van der Waals surface area (Å²) in [6.45, 7) is 1.29. The number of hydrogen-bond donors (Lipinski definition) is 0. The Morgan fingerprint density at radius 3 is 2.92 bits per heavy atom. The normalized spacial score (nSPS) is 11.2. The highest BCUT2D eigenvalue weighted by Crippen LogP contribution is 2.29. The molecule has 0 aliphatic heterocycles. The van der Waals surface area contributed by atoms with Crippen LogP contribution >= 0.6 is 11.3 Å². The second-order valence-electron chi connectivity index (χ2n) is 4.62. The Hall–Kier alpha value is -3.14. The van der Waals surface area contributed by atoms with Gasteiger partial charge in [-0.15, -0.1) is 0 Å². The van der Waals surface area contributed by atoms with Crippen LogP contribution in [-0.4, -0.2) is 22.0 Å². The van der Waals surface area contributed by atoms with Crippen LogP contribution in [0.2, 0.25) is 0 Å². The van der Waals surface area contributed by atoms with Gasteiger partial charge in [0.05, 0.1) is 22.5 Å². The van der Waals surface area contributed by atoms with Crippen molar-refractivity contribution in [3.63, 3.8) is 0 Å². The van der Waals surface area contributed by atoms with Crippen LogP contribution in [0.1, 0.15) is 12.7 Å². The predicted molar refractivity (Wildman–Crippen MR) is 85.7 cm³/mol. The molecular formula is C14H9FN4O4S. The Kier molecular flexibility index (Phi) is 4.04. The molecule has 2 heterocycles. The summed E-state index contributed by atoms with van der Waals surface area (Å²) in [5.41, 5.74) is 0.534. The molecule has 0 spiro atoms. The van der Waals surface area contributed by atoms with Crippen LogP contribution in [0, 0.1) is 15.9 Å². The maximum absolute atomic E-state index is 13.2. The van der Waals surface area contributed by atoms with Crippen LogP contribution in [0.25, 0.3) is 10.2 Å². The SMILES string of the molecule is CC(=O)N(/N=C\c1ccc([N+](=O)[O-])o1)c1nc2ccc(F)cc2s1. The minimum atomic E-state index is -0.678. The van der Waals surface area contributed by atoms with Gasteiger partial charge >= 0.3 is 5.88 Å². The van der Waals surface area contributed by atoms with Gasteiger partial charge in [-0.2, -0.15) is 10.1 Å². The molecule has 0 bridgehead atoms. The second kappa shape index (κ2) is 6.16. The highest BCUT2D eigenvalue weighted by atomic mass is 32.1. The first-order chi connectivity index (χ1) is 11.4. The zero-order chi connectivity index (χ0) is 17.3. The number of hydrogen-bond acceptors (Lipinski definition) is 7. The number of nitro groups is 1. The molecule has 24 heavy (non-hydrogen) atoms. The quantitative estimate of drug-likeness (QED) is 0.409. The number of benzene rings is 1. The van der Waals surface area contributed by atoms with E-state index in [1.807, 2.05) is 0 Å². The summed E-state index contributed by atoms with van der Waals surface area (Å²) in [5.74, 6) is -1.15. The Balaban J connectivity index is 1.91. The first kappa shape index (κ1) is 15.7. The molecule has 122 valence electrons. The van der Waals surface area contributed by atoms with Crippen molar-refractivity contribution in [1.29, 1.82) is 0 Å². The van der Waals surface area contributed by atoms with E-state index in [0.29, 0.717) is 10.2 Å². The van der Waals surface area contributed by atoms with Crippen LogP contribution in [0.3, 0.4) is 0 Å². The van der Waals surface area contributed by atoms with Gasteiger partial charge in [0.25, 0.3) is 0 Å². The van der Waals surface area contributed by atoms with Gasteiger partial charge in [-0.1, -0.05) is 11.3 Å². The summed E-state index contributed by atoms with van der Waals surface area (Å²) in [5, 5.41) is 15.8. The third-order valence-electron chi connectivity index (χ3n) is 2.91. The van der Waals surface area contributed by atoms with Gasteiger partial charge < -0.3 is 4.42 Å². The molecule has 3 rings (SSSR count). The summed E-state index contributed by atoms with van der Waals surface area (Å²) in [6.07, 6.45) is 1.17. The number of halogens is 1. The van der Waals surface area contributed by atoms with E-state index < -0.39 is 22.5 Å². The lowest BCUT2D eigenvalue weighted by Gasteiger charge is -2.09. The van der Waals surface area contributed by atoms with Gasteiger partial charge in [0.15, 0.2) is 5.76 Å². The number of carbonyl (C=O) groups is 1. The van der Waals surface area contributed by atoms with Crippen LogP contribution in [-0.2, 0) is 4.79 Å². The fourth-order valence-corrected chi connectivity index (χ4v) is 2.86. The molecule has 8 nitrogen and oxygen atoms in total. The molecule has 0 saturated heterocycles. The maximum Gasteiger partial charge on any atom is 0.433 e. The van der Waals surface area contributed by atoms with E-state index in [0.717, 1.165) is 16.3 Å². The van der Waals surface area contributed by atoms with Crippen LogP contribution < -0.4 is 5.01 Å². The fourth-order valence-electron chi connectivity index (χ4n) is 1.87. The number of nitrogens with zero attached hydrogens (tertiary/aromatic N) is 4. The van der Waals surface area contributed by atoms with Crippen molar-refractivity contribution in [2.24, 2.45) is 5.10 Å². The summed E-state index contributed by atoms with van der Waals surface area (Å²) in [6, 6.07) is 6.62. The lowest BCUT2D eigenvalue weighted by Crippen LogP contribution is -2.22. The van der Waals surface area contributed by atoms with Crippen LogP contribution in [0.15, 0.2) is 39.9 Å². The third-order valence-corrected chi connectivity index (χ3v) is 3.91. The zero-order valence-corrected chi connectivity index (χ0v) is 13.0. The number of furan rings is 1. The number of hydrazone groups is 1. The topological polar surface area (TPSA) is 102 Å². The number of rotatable bonds is 4. The molecule has 1 aromatic carbocycles. The fraction of sp³-hybridized carbons (Fsp3) is 0.0714. The second-order valence-corrected chi connectivity index (χ2v) is 5.63. The summed E-state index contributed by atoms with van der Waals surface area (Å²) >= 11 is 1.09. The number of fused-ring (bicyclic) bond motifs is 1. The minimum Gasteiger partial charge on any atom is -0.400 e. The van der Waals surface area contributed by atoms with E-state index in [4.69, 9.17) is 4.42 Å². The van der Waals surface area contributed by atoms with Crippen molar-refractivity contribution in [3.05, 3.63) is 52.0 Å². The summed E-state index contributed by atoms with van der Waals surface area (Å²) in [4.78, 5) is 25.9. The Morgan fingerprint density at radius 1 is 1.46 bits per heavy atom. The average molecular weight is 348 g/mol. The molecule has 0 saturated carbocycles. The van der Waals surface area contributed by atoms with E-state index in [2.05, 4.69) is 10.1 Å². The zero-order valence-electron chi connectivity index (χ0n) is 12.2. The number of carbonyl (C=O) groups excluding carboxylic acids is 1. The molecule has 1 amide bonds. The standard InChI is InChI=1S/C14H9FN4O4S/c1-8(20)18(16-7-10-3-5-13(23-10)19(21)22)14-17-11-4-2-9(15)6-12(11)24-14/h2-7H,1H3/b16-7-. The largest absolute Gasteiger partial charge is 0.433 e. The number of amides is 1. The van der Waals surface area contributed by atoms with Gasteiger partial charge in [0.2, 0.25) is 11.0 Å². The molecule has 0 aliphatic rings. The molecule has 0 unspecified atom stereocenters. The highest BCUT2D eigenvalue weighted by Gasteiger charge is 2.16. The van der Waals surface area contributed by atoms with E-state index in [1.54, 1.807) is 0 Å². The lowest BCUT2D eigenvalue weighted by atomic mass is 10.3. The molecule has 10 heteroatoms. The van der Waals surface area contributed by atoms with Crippen molar-refractivity contribution >= 4 is 44.7 Å². The van der Waals surface area contributed by atoms with Gasteiger partial charge in [-0.05, 0) is 24.3 Å². The van der Waals surface area contributed by atoms with E-state index >= 15 is 0 Å². The first-order valence-corrected chi connectivity index (χ1v) is 7.40. The first-order valence-electron chi connectivity index (χ1n) is 6.59. The molecule has 3 aromatic rings. The van der Waals surface area contributed by atoms with Gasteiger partial charge in [0, 0.05) is 6.92 Å². The maximum atomic E-state index is 13.2.